The van der Waals surface area contributed by atoms with E-state index in [2.05, 4.69) is 27.8 Å². The van der Waals surface area contributed by atoms with E-state index >= 15 is 0 Å². The van der Waals surface area contributed by atoms with Crippen molar-refractivity contribution in [2.45, 2.75) is 26.2 Å². The van der Waals surface area contributed by atoms with E-state index < -0.39 is 0 Å². The lowest BCUT2D eigenvalue weighted by Gasteiger charge is -2.31. The van der Waals surface area contributed by atoms with Crippen LogP contribution in [0.15, 0.2) is 22.9 Å². The summed E-state index contributed by atoms with van der Waals surface area (Å²) in [5.74, 6) is 0.896. The van der Waals surface area contributed by atoms with E-state index in [1.165, 1.54) is 6.42 Å². The minimum Gasteiger partial charge on any atom is -0.339 e. The van der Waals surface area contributed by atoms with Crippen LogP contribution in [0, 0.1) is 5.92 Å². The third-order valence-corrected chi connectivity index (χ3v) is 3.86. The van der Waals surface area contributed by atoms with Crippen LogP contribution in [0.25, 0.3) is 0 Å². The van der Waals surface area contributed by atoms with Crippen molar-refractivity contribution >= 4 is 21.8 Å². The molecule has 1 aliphatic rings. The van der Waals surface area contributed by atoms with Crippen molar-refractivity contribution in [3.63, 3.8) is 0 Å². The van der Waals surface area contributed by atoms with E-state index in [4.69, 9.17) is 0 Å². The predicted molar refractivity (Wildman–Crippen MR) is 70.9 cm³/mol. The van der Waals surface area contributed by atoms with Gasteiger partial charge in [0, 0.05) is 30.0 Å². The number of likely N-dealkylation sites (tertiary alicyclic amines) is 1. The highest BCUT2D eigenvalue weighted by Crippen LogP contribution is 2.21. The number of rotatable bonds is 2. The van der Waals surface area contributed by atoms with Gasteiger partial charge in [-0.1, -0.05) is 13.3 Å². The lowest BCUT2D eigenvalue weighted by Crippen LogP contribution is -2.38. The Hall–Kier alpha value is -0.900. The van der Waals surface area contributed by atoms with Crippen LogP contribution in [0.5, 0.6) is 0 Å². The average Bonchev–Trinajstić information content (AvgIpc) is 2.38. The maximum Gasteiger partial charge on any atom is 0.255 e. The van der Waals surface area contributed by atoms with Crippen molar-refractivity contribution in [2.24, 2.45) is 5.92 Å². The number of aromatic nitrogens is 1. The van der Waals surface area contributed by atoms with Gasteiger partial charge < -0.3 is 4.90 Å². The molecule has 17 heavy (non-hydrogen) atoms. The van der Waals surface area contributed by atoms with Gasteiger partial charge in [0.05, 0.1) is 5.56 Å². The van der Waals surface area contributed by atoms with Crippen LogP contribution in [0.4, 0.5) is 0 Å². The molecule has 0 bridgehead atoms. The highest BCUT2D eigenvalue weighted by molar-refractivity contribution is 9.10. The highest BCUT2D eigenvalue weighted by atomic mass is 79.9. The number of pyridine rings is 1. The number of hydrogen-bond donors (Lipinski definition) is 0. The molecule has 0 aliphatic carbocycles. The molecule has 1 aliphatic heterocycles. The molecular formula is C13H17BrN2O. The van der Waals surface area contributed by atoms with Crippen molar-refractivity contribution in [1.29, 1.82) is 0 Å². The molecule has 4 heteroatoms. The van der Waals surface area contributed by atoms with Gasteiger partial charge in [0.25, 0.3) is 5.91 Å². The Kier molecular flexibility index (Phi) is 4.15. The van der Waals surface area contributed by atoms with Gasteiger partial charge in [-0.3, -0.25) is 9.78 Å². The highest BCUT2D eigenvalue weighted by Gasteiger charge is 2.22. The van der Waals surface area contributed by atoms with Gasteiger partial charge in [-0.25, -0.2) is 0 Å². The van der Waals surface area contributed by atoms with Crippen molar-refractivity contribution in [2.75, 3.05) is 13.1 Å². The number of carbonyl (C=O) groups excluding carboxylic acids is 1. The minimum absolute atomic E-state index is 0.105. The SMILES string of the molecule is CCC1CCN(C(=O)c2cncc(Br)c2)CC1. The number of piperidine rings is 1. The molecule has 0 saturated carbocycles. The molecule has 2 rings (SSSR count). The molecule has 0 spiro atoms. The Bertz CT molecular complexity index is 400. The summed E-state index contributed by atoms with van der Waals surface area (Å²) in [7, 11) is 0. The maximum atomic E-state index is 12.2. The first-order chi connectivity index (χ1) is 8.20. The number of carbonyl (C=O) groups is 1. The molecule has 0 atom stereocenters. The van der Waals surface area contributed by atoms with Crippen LogP contribution < -0.4 is 0 Å². The topological polar surface area (TPSA) is 33.2 Å². The van der Waals surface area contributed by atoms with Gasteiger partial charge in [0.15, 0.2) is 0 Å². The smallest absolute Gasteiger partial charge is 0.255 e. The summed E-state index contributed by atoms with van der Waals surface area (Å²) < 4.78 is 0.854. The second-order valence-corrected chi connectivity index (χ2v) is 5.45. The molecule has 1 saturated heterocycles. The first kappa shape index (κ1) is 12.6. The maximum absolute atomic E-state index is 12.2. The fraction of sp³-hybridized carbons (Fsp3) is 0.538. The first-order valence-corrected chi connectivity index (χ1v) is 6.90. The summed E-state index contributed by atoms with van der Waals surface area (Å²) >= 11 is 3.34. The molecule has 2 heterocycles. The molecule has 0 radical (unpaired) electrons. The van der Waals surface area contributed by atoms with Crippen LogP contribution in [0.3, 0.4) is 0 Å². The second kappa shape index (κ2) is 5.63. The fourth-order valence-electron chi connectivity index (χ4n) is 2.26. The molecule has 1 aromatic rings. The summed E-state index contributed by atoms with van der Waals surface area (Å²) in [6, 6.07) is 1.83. The number of hydrogen-bond acceptors (Lipinski definition) is 2. The van der Waals surface area contributed by atoms with Crippen molar-refractivity contribution in [3.8, 4) is 0 Å². The molecule has 1 amide bonds. The molecule has 1 aromatic heterocycles. The third kappa shape index (κ3) is 3.06. The van der Waals surface area contributed by atoms with E-state index in [1.807, 2.05) is 11.0 Å². The Morgan fingerprint density at radius 1 is 1.47 bits per heavy atom. The fourth-order valence-corrected chi connectivity index (χ4v) is 2.62. The van der Waals surface area contributed by atoms with E-state index in [1.54, 1.807) is 12.4 Å². The van der Waals surface area contributed by atoms with Gasteiger partial charge in [-0.2, -0.15) is 0 Å². The van der Waals surface area contributed by atoms with Crippen molar-refractivity contribution in [1.82, 2.24) is 9.88 Å². The summed E-state index contributed by atoms with van der Waals surface area (Å²) in [6.45, 7) is 3.98. The van der Waals surface area contributed by atoms with Crippen LogP contribution in [0.1, 0.15) is 36.5 Å². The van der Waals surface area contributed by atoms with Gasteiger partial charge in [0.1, 0.15) is 0 Å². The van der Waals surface area contributed by atoms with E-state index in [-0.39, 0.29) is 5.91 Å². The van der Waals surface area contributed by atoms with Crippen molar-refractivity contribution < 1.29 is 4.79 Å². The second-order valence-electron chi connectivity index (χ2n) is 4.54. The lowest BCUT2D eigenvalue weighted by molar-refractivity contribution is 0.0688. The Morgan fingerprint density at radius 3 is 2.76 bits per heavy atom. The summed E-state index contributed by atoms with van der Waals surface area (Å²) in [5, 5.41) is 0. The first-order valence-electron chi connectivity index (χ1n) is 6.10. The summed E-state index contributed by atoms with van der Waals surface area (Å²) in [5.41, 5.74) is 0.675. The molecule has 92 valence electrons. The molecule has 0 unspecified atom stereocenters. The average molecular weight is 297 g/mol. The molecule has 3 nitrogen and oxygen atoms in total. The third-order valence-electron chi connectivity index (χ3n) is 3.43. The van der Waals surface area contributed by atoms with Gasteiger partial charge >= 0.3 is 0 Å². The Balaban J connectivity index is 2.02. The molecular weight excluding hydrogens is 280 g/mol. The van der Waals surface area contributed by atoms with Crippen LogP contribution >= 0.6 is 15.9 Å². The lowest BCUT2D eigenvalue weighted by atomic mass is 9.94. The quantitative estimate of drug-likeness (QED) is 0.840. The summed E-state index contributed by atoms with van der Waals surface area (Å²) in [6.07, 6.45) is 6.81. The normalized spacial score (nSPS) is 17.2. The summed E-state index contributed by atoms with van der Waals surface area (Å²) in [4.78, 5) is 18.2. The van der Waals surface area contributed by atoms with Gasteiger partial charge in [0.2, 0.25) is 0 Å². The number of halogens is 1. The van der Waals surface area contributed by atoms with E-state index in [0.717, 1.165) is 36.3 Å². The zero-order chi connectivity index (χ0) is 12.3. The van der Waals surface area contributed by atoms with E-state index in [0.29, 0.717) is 5.56 Å². The van der Waals surface area contributed by atoms with Crippen LogP contribution in [-0.2, 0) is 0 Å². The zero-order valence-corrected chi connectivity index (χ0v) is 11.6. The largest absolute Gasteiger partial charge is 0.339 e. The van der Waals surface area contributed by atoms with Crippen LogP contribution in [0.2, 0.25) is 0 Å². The molecule has 1 fully saturated rings. The monoisotopic (exact) mass is 296 g/mol. The molecule has 0 N–H and O–H groups in total. The number of amides is 1. The zero-order valence-electron chi connectivity index (χ0n) is 10.0. The number of nitrogens with zero attached hydrogens (tertiary/aromatic N) is 2. The predicted octanol–water partition coefficient (Wildman–Crippen LogP) is 3.11. The van der Waals surface area contributed by atoms with Gasteiger partial charge in [-0.05, 0) is 40.8 Å². The molecule has 0 aromatic carbocycles. The Morgan fingerprint density at radius 2 is 2.18 bits per heavy atom. The van der Waals surface area contributed by atoms with E-state index in [9.17, 15) is 4.79 Å². The minimum atomic E-state index is 0.105. The van der Waals surface area contributed by atoms with Gasteiger partial charge in [-0.15, -0.1) is 0 Å². The van der Waals surface area contributed by atoms with Crippen LogP contribution in [-0.4, -0.2) is 28.9 Å². The Labute approximate surface area is 110 Å². The van der Waals surface area contributed by atoms with Crippen molar-refractivity contribution in [3.05, 3.63) is 28.5 Å². The standard InChI is InChI=1S/C13H17BrN2O/c1-2-10-3-5-16(6-4-10)13(17)11-7-12(14)9-15-8-11/h7-10H,2-6H2,1H3.